The number of rotatable bonds is 4. The Bertz CT molecular complexity index is 366. The molecule has 0 amide bonds. The monoisotopic (exact) mass is 227 g/mol. The van der Waals surface area contributed by atoms with Crippen LogP contribution in [0.1, 0.15) is 35.7 Å². The number of benzene rings is 1. The Labute approximate surface area is 93.4 Å². The minimum atomic E-state index is -0.271. The summed E-state index contributed by atoms with van der Waals surface area (Å²) >= 11 is 1.33. The summed E-state index contributed by atoms with van der Waals surface area (Å²) in [5.74, 6) is -0.195. The van der Waals surface area contributed by atoms with Crippen LogP contribution in [-0.2, 0) is 0 Å². The molecule has 0 spiro atoms. The predicted molar refractivity (Wildman–Crippen MR) is 63.0 cm³/mol. The number of aldehydes is 1. The smallest absolute Gasteiger partial charge is 0.152 e. The SMILES string of the molecule is CSNc1cc(F)c(C(C)C)cc1C=O. The number of halogens is 1. The zero-order valence-corrected chi connectivity index (χ0v) is 9.82. The molecule has 82 valence electrons. The van der Waals surface area contributed by atoms with Gasteiger partial charge in [-0.3, -0.25) is 4.79 Å². The highest BCUT2D eigenvalue weighted by atomic mass is 32.2. The van der Waals surface area contributed by atoms with Gasteiger partial charge in [0, 0.05) is 11.8 Å². The molecule has 0 aliphatic rings. The maximum atomic E-state index is 13.6. The molecule has 1 aromatic rings. The van der Waals surface area contributed by atoms with Gasteiger partial charge in [-0.15, -0.1) is 0 Å². The van der Waals surface area contributed by atoms with Crippen LogP contribution in [0.5, 0.6) is 0 Å². The van der Waals surface area contributed by atoms with E-state index >= 15 is 0 Å². The highest BCUT2D eigenvalue weighted by molar-refractivity contribution is 7.99. The summed E-state index contributed by atoms with van der Waals surface area (Å²) in [5, 5.41) is 0. The first kappa shape index (κ1) is 12.0. The highest BCUT2D eigenvalue weighted by Crippen LogP contribution is 2.26. The van der Waals surface area contributed by atoms with E-state index in [1.54, 1.807) is 6.07 Å². The lowest BCUT2D eigenvalue weighted by atomic mass is 9.99. The Balaban J connectivity index is 3.22. The number of carbonyl (C=O) groups excluding carboxylic acids is 1. The molecule has 1 rings (SSSR count). The van der Waals surface area contributed by atoms with Crippen molar-refractivity contribution in [3.05, 3.63) is 29.1 Å². The molecule has 1 aromatic carbocycles. The van der Waals surface area contributed by atoms with Crippen LogP contribution in [0.15, 0.2) is 12.1 Å². The second-order valence-electron chi connectivity index (χ2n) is 3.54. The van der Waals surface area contributed by atoms with Gasteiger partial charge in [0.1, 0.15) is 5.82 Å². The van der Waals surface area contributed by atoms with Gasteiger partial charge in [0.2, 0.25) is 0 Å². The van der Waals surface area contributed by atoms with E-state index in [1.807, 2.05) is 20.1 Å². The number of anilines is 1. The molecule has 0 bridgehead atoms. The van der Waals surface area contributed by atoms with Crippen LogP contribution >= 0.6 is 11.9 Å². The molecule has 4 heteroatoms. The first-order valence-electron chi connectivity index (χ1n) is 4.67. The van der Waals surface area contributed by atoms with Gasteiger partial charge < -0.3 is 4.72 Å². The lowest BCUT2D eigenvalue weighted by molar-refractivity contribution is 0.112. The second kappa shape index (κ2) is 5.16. The third-order valence-corrected chi connectivity index (χ3v) is 2.55. The lowest BCUT2D eigenvalue weighted by Crippen LogP contribution is -1.99. The van der Waals surface area contributed by atoms with Crippen molar-refractivity contribution in [1.82, 2.24) is 0 Å². The predicted octanol–water partition coefficient (Wildman–Crippen LogP) is 3.45. The van der Waals surface area contributed by atoms with Crippen LogP contribution in [0, 0.1) is 5.82 Å². The molecule has 0 radical (unpaired) electrons. The van der Waals surface area contributed by atoms with E-state index in [-0.39, 0.29) is 11.7 Å². The third-order valence-electron chi connectivity index (χ3n) is 2.13. The molecular formula is C11H14FNOS. The van der Waals surface area contributed by atoms with E-state index < -0.39 is 0 Å². The van der Waals surface area contributed by atoms with Crippen LogP contribution in [0.2, 0.25) is 0 Å². The molecule has 0 unspecified atom stereocenters. The van der Waals surface area contributed by atoms with Gasteiger partial charge >= 0.3 is 0 Å². The van der Waals surface area contributed by atoms with Crippen molar-refractivity contribution in [2.75, 3.05) is 11.0 Å². The minimum absolute atomic E-state index is 0.0760. The maximum Gasteiger partial charge on any atom is 0.152 e. The molecule has 0 saturated heterocycles. The summed E-state index contributed by atoms with van der Waals surface area (Å²) in [6, 6.07) is 2.97. The minimum Gasteiger partial charge on any atom is -0.329 e. The van der Waals surface area contributed by atoms with Crippen LogP contribution in [0.4, 0.5) is 10.1 Å². The molecule has 2 nitrogen and oxygen atoms in total. The zero-order valence-electron chi connectivity index (χ0n) is 9.00. The lowest BCUT2D eigenvalue weighted by Gasteiger charge is -2.11. The fourth-order valence-electron chi connectivity index (χ4n) is 1.35. The van der Waals surface area contributed by atoms with E-state index in [0.717, 1.165) is 6.29 Å². The largest absolute Gasteiger partial charge is 0.329 e. The summed E-state index contributed by atoms with van der Waals surface area (Å²) in [6.07, 6.45) is 2.56. The molecule has 0 atom stereocenters. The normalized spacial score (nSPS) is 10.5. The molecule has 0 aliphatic carbocycles. The first-order chi connectivity index (χ1) is 7.10. The molecule has 15 heavy (non-hydrogen) atoms. The average Bonchev–Trinajstić information content (AvgIpc) is 2.18. The number of hydrogen-bond donors (Lipinski definition) is 1. The summed E-state index contributed by atoms with van der Waals surface area (Å²) in [4.78, 5) is 10.8. The third kappa shape index (κ3) is 2.72. The Hall–Kier alpha value is -1.03. The molecule has 0 saturated carbocycles. The van der Waals surface area contributed by atoms with Gasteiger partial charge in [-0.25, -0.2) is 4.39 Å². The molecule has 1 N–H and O–H groups in total. The van der Waals surface area contributed by atoms with Crippen LogP contribution in [0.3, 0.4) is 0 Å². The quantitative estimate of drug-likeness (QED) is 0.631. The van der Waals surface area contributed by atoms with Crippen molar-refractivity contribution in [3.8, 4) is 0 Å². The van der Waals surface area contributed by atoms with Crippen molar-refractivity contribution < 1.29 is 9.18 Å². The van der Waals surface area contributed by atoms with E-state index in [4.69, 9.17) is 0 Å². The Morgan fingerprint density at radius 3 is 2.60 bits per heavy atom. The van der Waals surface area contributed by atoms with Crippen molar-refractivity contribution in [3.63, 3.8) is 0 Å². The van der Waals surface area contributed by atoms with Crippen LogP contribution in [0.25, 0.3) is 0 Å². The van der Waals surface area contributed by atoms with E-state index in [0.29, 0.717) is 16.8 Å². The summed E-state index contributed by atoms with van der Waals surface area (Å²) < 4.78 is 16.5. The molecule has 0 fully saturated rings. The zero-order chi connectivity index (χ0) is 11.4. The first-order valence-corrected chi connectivity index (χ1v) is 5.90. The van der Waals surface area contributed by atoms with Crippen molar-refractivity contribution in [1.29, 1.82) is 0 Å². The van der Waals surface area contributed by atoms with Gasteiger partial charge in [0.25, 0.3) is 0 Å². The highest BCUT2D eigenvalue weighted by Gasteiger charge is 2.11. The number of nitrogens with one attached hydrogen (secondary N) is 1. The topological polar surface area (TPSA) is 29.1 Å². The van der Waals surface area contributed by atoms with Crippen molar-refractivity contribution >= 4 is 23.9 Å². The summed E-state index contributed by atoms with van der Waals surface area (Å²) in [5.41, 5.74) is 1.60. The van der Waals surface area contributed by atoms with Gasteiger partial charge in [-0.05, 0) is 23.6 Å². The standard InChI is InChI=1S/C11H14FNOS/c1-7(2)9-4-8(6-14)11(13-15-3)5-10(9)12/h4-7,13H,1-3H3. The van der Waals surface area contributed by atoms with Gasteiger partial charge in [-0.1, -0.05) is 25.8 Å². The average molecular weight is 227 g/mol. The number of hydrogen-bond acceptors (Lipinski definition) is 3. The fraction of sp³-hybridized carbons (Fsp3) is 0.364. The van der Waals surface area contributed by atoms with Crippen LogP contribution < -0.4 is 4.72 Å². The van der Waals surface area contributed by atoms with E-state index in [2.05, 4.69) is 4.72 Å². The number of carbonyl (C=O) groups is 1. The Morgan fingerprint density at radius 1 is 1.47 bits per heavy atom. The Kier molecular flexibility index (Phi) is 4.15. The van der Waals surface area contributed by atoms with Gasteiger partial charge in [0.05, 0.1) is 5.69 Å². The maximum absolute atomic E-state index is 13.6. The van der Waals surface area contributed by atoms with Gasteiger partial charge in [0.15, 0.2) is 6.29 Å². The fourth-order valence-corrected chi connectivity index (χ4v) is 1.74. The molecule has 0 aromatic heterocycles. The Morgan fingerprint density at radius 2 is 2.13 bits per heavy atom. The van der Waals surface area contributed by atoms with Crippen molar-refractivity contribution in [2.45, 2.75) is 19.8 Å². The molecular weight excluding hydrogens is 213 g/mol. The molecule has 0 aliphatic heterocycles. The van der Waals surface area contributed by atoms with Gasteiger partial charge in [-0.2, -0.15) is 0 Å². The molecule has 0 heterocycles. The summed E-state index contributed by atoms with van der Waals surface area (Å²) in [6.45, 7) is 3.79. The van der Waals surface area contributed by atoms with Crippen LogP contribution in [-0.4, -0.2) is 12.5 Å². The van der Waals surface area contributed by atoms with E-state index in [1.165, 1.54) is 18.0 Å². The van der Waals surface area contributed by atoms with Crippen molar-refractivity contribution in [2.24, 2.45) is 0 Å². The summed E-state index contributed by atoms with van der Waals surface area (Å²) in [7, 11) is 0. The van der Waals surface area contributed by atoms with E-state index in [9.17, 15) is 9.18 Å². The second-order valence-corrected chi connectivity index (χ2v) is 4.15.